The molecule has 0 fully saturated rings. The van der Waals surface area contributed by atoms with Gasteiger partial charge in [0.15, 0.2) is 5.16 Å². The lowest BCUT2D eigenvalue weighted by atomic mass is 10.1. The molecule has 0 aliphatic heterocycles. The van der Waals surface area contributed by atoms with E-state index in [1.165, 1.54) is 12.1 Å². The molecule has 3 rings (SSSR count). The van der Waals surface area contributed by atoms with E-state index in [4.69, 9.17) is 5.14 Å². The quantitative estimate of drug-likeness (QED) is 0.329. The molecule has 3 aromatic rings. The van der Waals surface area contributed by atoms with Crippen molar-refractivity contribution in [1.29, 1.82) is 0 Å². The molecule has 0 unspecified atom stereocenters. The molecule has 0 bridgehead atoms. The Balaban J connectivity index is 1.80. The highest BCUT2D eigenvalue weighted by molar-refractivity contribution is 7.99. The fourth-order valence-electron chi connectivity index (χ4n) is 2.83. The van der Waals surface area contributed by atoms with Crippen molar-refractivity contribution in [3.63, 3.8) is 0 Å². The number of nitrogens with one attached hydrogen (secondary N) is 3. The van der Waals surface area contributed by atoms with Gasteiger partial charge >= 0.3 is 0 Å². The third-order valence-electron chi connectivity index (χ3n) is 4.49. The van der Waals surface area contributed by atoms with Gasteiger partial charge in [-0.15, -0.1) is 10.2 Å². The number of nitrogens with two attached hydrogens (primary N) is 1. The third-order valence-corrected chi connectivity index (χ3v) is 6.31. The van der Waals surface area contributed by atoms with Crippen molar-refractivity contribution in [2.45, 2.75) is 37.7 Å². The zero-order valence-corrected chi connectivity index (χ0v) is 19.8. The smallest absolute Gasteiger partial charge is 0.261 e. The molecule has 172 valence electrons. The van der Waals surface area contributed by atoms with Crippen molar-refractivity contribution in [3.05, 3.63) is 23.3 Å². The van der Waals surface area contributed by atoms with E-state index >= 15 is 0 Å². The van der Waals surface area contributed by atoms with Crippen molar-refractivity contribution >= 4 is 51.1 Å². The van der Waals surface area contributed by atoms with Gasteiger partial charge in [-0.1, -0.05) is 11.8 Å². The monoisotopic (exact) mass is 479 g/mol. The number of thioether (sulfide) groups is 1. The van der Waals surface area contributed by atoms with Gasteiger partial charge in [-0.3, -0.25) is 4.79 Å². The Hall–Kier alpha value is -2.97. The van der Waals surface area contributed by atoms with Crippen LogP contribution in [0.15, 0.2) is 22.2 Å². The van der Waals surface area contributed by atoms with Gasteiger partial charge in [0, 0.05) is 18.8 Å². The summed E-state index contributed by atoms with van der Waals surface area (Å²) in [6.07, 6.45) is 0. The third kappa shape index (κ3) is 5.26. The van der Waals surface area contributed by atoms with Gasteiger partial charge in [0.25, 0.3) is 5.78 Å². The number of amides is 1. The SMILES string of the molecule is CCNc1nc(NCC)n2c(SCC(=O)Nc3cc(S(N)(=O)=O)cc(C)c3C)nnc2n1. The Morgan fingerprint density at radius 1 is 1.12 bits per heavy atom. The van der Waals surface area contributed by atoms with Crippen molar-refractivity contribution in [3.8, 4) is 0 Å². The largest absolute Gasteiger partial charge is 0.355 e. The lowest BCUT2D eigenvalue weighted by Crippen LogP contribution is -2.18. The molecule has 32 heavy (non-hydrogen) atoms. The van der Waals surface area contributed by atoms with Gasteiger partial charge in [0.05, 0.1) is 10.6 Å². The van der Waals surface area contributed by atoms with Gasteiger partial charge in [0.1, 0.15) is 0 Å². The van der Waals surface area contributed by atoms with Crippen molar-refractivity contribution in [2.24, 2.45) is 5.14 Å². The molecule has 1 aromatic carbocycles. The Bertz CT molecular complexity index is 1260. The van der Waals surface area contributed by atoms with Gasteiger partial charge in [-0.05, 0) is 51.0 Å². The number of carbonyl (C=O) groups is 1. The summed E-state index contributed by atoms with van der Waals surface area (Å²) in [7, 11) is -3.89. The molecule has 12 nitrogen and oxygen atoms in total. The van der Waals surface area contributed by atoms with Crippen molar-refractivity contribution < 1.29 is 13.2 Å². The number of hydrogen-bond acceptors (Lipinski definition) is 10. The summed E-state index contributed by atoms with van der Waals surface area (Å²) in [6.45, 7) is 8.69. The van der Waals surface area contributed by atoms with Crippen LogP contribution >= 0.6 is 11.8 Å². The summed E-state index contributed by atoms with van der Waals surface area (Å²) in [4.78, 5) is 21.3. The zero-order chi connectivity index (χ0) is 23.5. The van der Waals surface area contributed by atoms with Crippen LogP contribution in [0.2, 0.25) is 0 Å². The number of rotatable bonds is 9. The lowest BCUT2D eigenvalue weighted by Gasteiger charge is -2.13. The van der Waals surface area contributed by atoms with Crippen molar-refractivity contribution in [1.82, 2.24) is 24.6 Å². The topological polar surface area (TPSA) is 169 Å². The summed E-state index contributed by atoms with van der Waals surface area (Å²) in [5.41, 5.74) is 1.84. The van der Waals surface area contributed by atoms with E-state index in [9.17, 15) is 13.2 Å². The summed E-state index contributed by atoms with van der Waals surface area (Å²) < 4.78 is 25.1. The fraction of sp³-hybridized carbons (Fsp3) is 0.389. The maximum atomic E-state index is 12.6. The highest BCUT2D eigenvalue weighted by atomic mass is 32.2. The average molecular weight is 480 g/mol. The number of aryl methyl sites for hydroxylation is 1. The number of benzene rings is 1. The number of nitrogens with zero attached hydrogens (tertiary/aromatic N) is 5. The van der Waals surface area contributed by atoms with Gasteiger partial charge < -0.3 is 16.0 Å². The molecule has 1 amide bonds. The second-order valence-electron chi connectivity index (χ2n) is 6.84. The van der Waals surface area contributed by atoms with E-state index in [1.54, 1.807) is 18.2 Å². The molecule has 0 spiro atoms. The van der Waals surface area contributed by atoms with Crippen LogP contribution in [0, 0.1) is 13.8 Å². The van der Waals surface area contributed by atoms with Crippen LogP contribution in [0.5, 0.6) is 0 Å². The minimum Gasteiger partial charge on any atom is -0.355 e. The van der Waals surface area contributed by atoms with Gasteiger partial charge in [0.2, 0.25) is 27.8 Å². The molecular formula is C18H25N9O3S2. The number of sulfonamides is 1. The van der Waals surface area contributed by atoms with Crippen LogP contribution in [0.1, 0.15) is 25.0 Å². The average Bonchev–Trinajstić information content (AvgIpc) is 3.12. The number of aromatic nitrogens is 5. The predicted octanol–water partition coefficient (Wildman–Crippen LogP) is 1.38. The molecule has 0 aliphatic carbocycles. The van der Waals surface area contributed by atoms with Crippen LogP contribution in [0.4, 0.5) is 17.6 Å². The predicted molar refractivity (Wildman–Crippen MR) is 124 cm³/mol. The van der Waals surface area contributed by atoms with Crippen LogP contribution < -0.4 is 21.1 Å². The number of anilines is 3. The maximum absolute atomic E-state index is 12.6. The van der Waals surface area contributed by atoms with Crippen LogP contribution in [-0.4, -0.2) is 57.7 Å². The highest BCUT2D eigenvalue weighted by Gasteiger charge is 2.17. The minimum absolute atomic E-state index is 0.0133. The normalized spacial score (nSPS) is 11.5. The Morgan fingerprint density at radius 3 is 2.50 bits per heavy atom. The first-order valence-corrected chi connectivity index (χ1v) is 12.3. The highest BCUT2D eigenvalue weighted by Crippen LogP contribution is 2.25. The van der Waals surface area contributed by atoms with E-state index in [0.29, 0.717) is 47.2 Å². The molecule has 2 heterocycles. The van der Waals surface area contributed by atoms with E-state index in [1.807, 2.05) is 13.8 Å². The Morgan fingerprint density at radius 2 is 1.84 bits per heavy atom. The van der Waals surface area contributed by atoms with E-state index in [-0.39, 0.29) is 16.6 Å². The second-order valence-corrected chi connectivity index (χ2v) is 9.35. The molecule has 14 heteroatoms. The van der Waals surface area contributed by atoms with Crippen LogP contribution in [0.3, 0.4) is 0 Å². The molecule has 0 aliphatic rings. The molecule has 0 saturated carbocycles. The van der Waals surface area contributed by atoms with Crippen LogP contribution in [-0.2, 0) is 14.8 Å². The summed E-state index contributed by atoms with van der Waals surface area (Å²) in [5.74, 6) is 0.962. The Kier molecular flexibility index (Phi) is 7.16. The lowest BCUT2D eigenvalue weighted by molar-refractivity contribution is -0.113. The molecule has 0 radical (unpaired) electrons. The number of hydrogen-bond donors (Lipinski definition) is 4. The molecular weight excluding hydrogens is 454 g/mol. The number of carbonyl (C=O) groups excluding carboxylic acids is 1. The van der Waals surface area contributed by atoms with E-state index in [2.05, 4.69) is 36.1 Å². The summed E-state index contributed by atoms with van der Waals surface area (Å²) in [6, 6.07) is 2.83. The molecule has 5 N–H and O–H groups in total. The minimum atomic E-state index is -3.89. The fourth-order valence-corrected chi connectivity index (χ4v) is 4.19. The first-order chi connectivity index (χ1) is 15.1. The zero-order valence-electron chi connectivity index (χ0n) is 18.1. The van der Waals surface area contributed by atoms with E-state index < -0.39 is 10.0 Å². The van der Waals surface area contributed by atoms with Crippen LogP contribution in [0.25, 0.3) is 5.78 Å². The standard InChI is InChI=1S/C18H25N9O3S2/c1-5-20-15-23-16(21-6-2)27-17(24-15)25-26-18(27)31-9-14(28)22-13-8-12(32(19,29)30)7-10(3)11(13)4/h7-8H,5-6,9H2,1-4H3,(H,22,28)(H2,19,29,30)(H2,20,21,23,24,25). The molecule has 2 aromatic heterocycles. The second kappa shape index (κ2) is 9.67. The molecule has 0 saturated heterocycles. The van der Waals surface area contributed by atoms with Gasteiger partial charge in [-0.25, -0.2) is 18.0 Å². The summed E-state index contributed by atoms with van der Waals surface area (Å²) in [5, 5.41) is 22.8. The van der Waals surface area contributed by atoms with E-state index in [0.717, 1.165) is 17.3 Å². The number of primary sulfonamides is 1. The molecule has 0 atom stereocenters. The Labute approximate surface area is 189 Å². The number of fused-ring (bicyclic) bond motifs is 1. The summed E-state index contributed by atoms with van der Waals surface area (Å²) >= 11 is 1.16. The first-order valence-electron chi connectivity index (χ1n) is 9.81. The van der Waals surface area contributed by atoms with Gasteiger partial charge in [-0.2, -0.15) is 9.97 Å². The maximum Gasteiger partial charge on any atom is 0.261 e. The first kappa shape index (κ1) is 23.7. The van der Waals surface area contributed by atoms with Crippen molar-refractivity contribution in [2.75, 3.05) is 34.8 Å².